The van der Waals surface area contributed by atoms with Crippen LogP contribution >= 0.6 is 0 Å². The van der Waals surface area contributed by atoms with Crippen LogP contribution in [0.5, 0.6) is 5.75 Å². The number of nitrogens with one attached hydrogen (secondary N) is 1. The van der Waals surface area contributed by atoms with E-state index < -0.39 is 16.0 Å². The molecule has 7 heteroatoms. The molecule has 0 aliphatic heterocycles. The Morgan fingerprint density at radius 2 is 2.11 bits per heavy atom. The molecule has 1 aromatic rings. The van der Waals surface area contributed by atoms with E-state index in [0.29, 0.717) is 6.42 Å². The highest BCUT2D eigenvalue weighted by Gasteiger charge is 2.14. The molecule has 1 aromatic carbocycles. The van der Waals surface area contributed by atoms with Gasteiger partial charge in [-0.1, -0.05) is 13.3 Å². The summed E-state index contributed by atoms with van der Waals surface area (Å²) in [5.41, 5.74) is 0.275. The van der Waals surface area contributed by atoms with Crippen molar-refractivity contribution in [2.45, 2.75) is 19.8 Å². The average molecular weight is 287 g/mol. The van der Waals surface area contributed by atoms with Crippen LogP contribution in [0.4, 0.5) is 5.69 Å². The Morgan fingerprint density at radius 3 is 2.63 bits per heavy atom. The fourth-order valence-corrected chi connectivity index (χ4v) is 2.75. The van der Waals surface area contributed by atoms with Gasteiger partial charge in [0.2, 0.25) is 10.0 Å². The number of sulfonamides is 1. The number of unbranched alkanes of at least 4 members (excludes halogenated alkanes) is 1. The Labute approximate surface area is 112 Å². The minimum atomic E-state index is -3.41. The number of methoxy groups -OCH3 is 1. The van der Waals surface area contributed by atoms with E-state index in [1.54, 1.807) is 0 Å². The molecule has 0 saturated carbocycles. The van der Waals surface area contributed by atoms with Gasteiger partial charge in [-0.3, -0.25) is 4.72 Å². The largest absolute Gasteiger partial charge is 0.496 e. The summed E-state index contributed by atoms with van der Waals surface area (Å²) in [7, 11) is -2.08. The van der Waals surface area contributed by atoms with Crippen molar-refractivity contribution < 1.29 is 23.1 Å². The van der Waals surface area contributed by atoms with E-state index in [-0.39, 0.29) is 22.8 Å². The molecule has 0 radical (unpaired) electrons. The highest BCUT2D eigenvalue weighted by molar-refractivity contribution is 7.92. The van der Waals surface area contributed by atoms with Gasteiger partial charge < -0.3 is 9.84 Å². The monoisotopic (exact) mass is 287 g/mol. The number of benzene rings is 1. The molecule has 0 amide bonds. The second kappa shape index (κ2) is 6.42. The maximum absolute atomic E-state index is 11.7. The lowest BCUT2D eigenvalue weighted by Crippen LogP contribution is -2.16. The number of hydrogen-bond donors (Lipinski definition) is 2. The van der Waals surface area contributed by atoms with Gasteiger partial charge in [0.05, 0.1) is 18.6 Å². The molecule has 0 aliphatic carbocycles. The summed E-state index contributed by atoms with van der Waals surface area (Å²) < 4.78 is 30.7. The van der Waals surface area contributed by atoms with Crippen molar-refractivity contribution in [3.63, 3.8) is 0 Å². The summed E-state index contributed by atoms with van der Waals surface area (Å²) in [6.45, 7) is 1.90. The Balaban J connectivity index is 2.95. The number of carbonyl (C=O) groups is 1. The quantitative estimate of drug-likeness (QED) is 0.799. The van der Waals surface area contributed by atoms with E-state index in [1.807, 2.05) is 6.92 Å². The van der Waals surface area contributed by atoms with Crippen LogP contribution in [0.15, 0.2) is 18.2 Å². The van der Waals surface area contributed by atoms with Crippen LogP contribution < -0.4 is 9.46 Å². The van der Waals surface area contributed by atoms with Crippen LogP contribution in [-0.4, -0.2) is 32.4 Å². The smallest absolute Gasteiger partial charge is 0.339 e. The minimum Gasteiger partial charge on any atom is -0.496 e. The number of hydrogen-bond acceptors (Lipinski definition) is 4. The summed E-state index contributed by atoms with van der Waals surface area (Å²) in [6, 6.07) is 4.06. The first-order valence-electron chi connectivity index (χ1n) is 5.81. The Bertz CT molecular complexity index is 553. The first-order chi connectivity index (χ1) is 8.89. The number of anilines is 1. The molecule has 0 atom stereocenters. The lowest BCUT2D eigenvalue weighted by atomic mass is 10.2. The third-order valence-electron chi connectivity index (χ3n) is 2.47. The molecule has 0 aromatic heterocycles. The normalized spacial score (nSPS) is 11.1. The number of carboxylic acids is 1. The summed E-state index contributed by atoms with van der Waals surface area (Å²) in [6.07, 6.45) is 1.35. The zero-order valence-corrected chi connectivity index (χ0v) is 11.7. The summed E-state index contributed by atoms with van der Waals surface area (Å²) in [5.74, 6) is -0.979. The predicted octanol–water partition coefficient (Wildman–Crippen LogP) is 1.94. The van der Waals surface area contributed by atoms with Crippen molar-refractivity contribution >= 4 is 21.7 Å². The molecule has 106 valence electrons. The Morgan fingerprint density at radius 1 is 1.42 bits per heavy atom. The predicted molar refractivity (Wildman–Crippen MR) is 72.3 cm³/mol. The minimum absolute atomic E-state index is 0.0148. The topological polar surface area (TPSA) is 92.7 Å². The SMILES string of the molecule is CCCCS(=O)(=O)Nc1ccc(C(=O)O)c(OC)c1. The molecular formula is C12H17NO5S. The highest BCUT2D eigenvalue weighted by Crippen LogP contribution is 2.24. The molecule has 0 bridgehead atoms. The van der Waals surface area contributed by atoms with E-state index in [0.717, 1.165) is 6.42 Å². The maximum Gasteiger partial charge on any atom is 0.339 e. The van der Waals surface area contributed by atoms with E-state index in [2.05, 4.69) is 4.72 Å². The zero-order valence-electron chi connectivity index (χ0n) is 10.8. The number of rotatable bonds is 7. The van der Waals surface area contributed by atoms with Crippen molar-refractivity contribution in [1.29, 1.82) is 0 Å². The van der Waals surface area contributed by atoms with Gasteiger partial charge in [-0.05, 0) is 18.6 Å². The first kappa shape index (κ1) is 15.3. The van der Waals surface area contributed by atoms with Gasteiger partial charge in [-0.15, -0.1) is 0 Å². The van der Waals surface area contributed by atoms with Gasteiger partial charge in [0.25, 0.3) is 0 Å². The molecule has 0 aliphatic rings. The number of carboxylic acid groups (broad SMARTS) is 1. The van der Waals surface area contributed by atoms with Crippen LogP contribution in [0.1, 0.15) is 30.1 Å². The fourth-order valence-electron chi connectivity index (χ4n) is 1.50. The fraction of sp³-hybridized carbons (Fsp3) is 0.417. The van der Waals surface area contributed by atoms with E-state index >= 15 is 0 Å². The average Bonchev–Trinajstić information content (AvgIpc) is 2.35. The van der Waals surface area contributed by atoms with Crippen molar-refractivity contribution in [2.75, 3.05) is 17.6 Å². The summed E-state index contributed by atoms with van der Waals surface area (Å²) >= 11 is 0. The summed E-state index contributed by atoms with van der Waals surface area (Å²) in [4.78, 5) is 10.9. The lowest BCUT2D eigenvalue weighted by Gasteiger charge is -2.10. The van der Waals surface area contributed by atoms with E-state index in [1.165, 1.54) is 25.3 Å². The van der Waals surface area contributed by atoms with E-state index in [4.69, 9.17) is 9.84 Å². The molecular weight excluding hydrogens is 270 g/mol. The van der Waals surface area contributed by atoms with Gasteiger partial charge in [-0.25, -0.2) is 13.2 Å². The Hall–Kier alpha value is -1.76. The third kappa shape index (κ3) is 4.44. The third-order valence-corrected chi connectivity index (χ3v) is 3.84. The molecule has 0 unspecified atom stereocenters. The van der Waals surface area contributed by atoms with Crippen LogP contribution in [-0.2, 0) is 10.0 Å². The molecule has 0 spiro atoms. The molecule has 6 nitrogen and oxygen atoms in total. The van der Waals surface area contributed by atoms with Gasteiger partial charge in [0.1, 0.15) is 11.3 Å². The Kier molecular flexibility index (Phi) is 5.17. The van der Waals surface area contributed by atoms with Crippen LogP contribution in [0, 0.1) is 0 Å². The van der Waals surface area contributed by atoms with E-state index in [9.17, 15) is 13.2 Å². The van der Waals surface area contributed by atoms with Crippen molar-refractivity contribution in [3.8, 4) is 5.75 Å². The maximum atomic E-state index is 11.7. The molecule has 0 heterocycles. The summed E-state index contributed by atoms with van der Waals surface area (Å²) in [5, 5.41) is 8.92. The standard InChI is InChI=1S/C12H17NO5S/c1-3-4-7-19(16,17)13-9-5-6-10(12(14)15)11(8-9)18-2/h5-6,8,13H,3-4,7H2,1-2H3,(H,14,15). The molecule has 0 saturated heterocycles. The van der Waals surface area contributed by atoms with Crippen molar-refractivity contribution in [1.82, 2.24) is 0 Å². The zero-order chi connectivity index (χ0) is 14.5. The molecule has 19 heavy (non-hydrogen) atoms. The van der Waals surface area contributed by atoms with Crippen molar-refractivity contribution in [3.05, 3.63) is 23.8 Å². The second-order valence-corrected chi connectivity index (χ2v) is 5.84. The molecule has 2 N–H and O–H groups in total. The number of ether oxygens (including phenoxy) is 1. The van der Waals surface area contributed by atoms with Gasteiger partial charge >= 0.3 is 5.97 Å². The van der Waals surface area contributed by atoms with Crippen molar-refractivity contribution in [2.24, 2.45) is 0 Å². The highest BCUT2D eigenvalue weighted by atomic mass is 32.2. The van der Waals surface area contributed by atoms with Crippen LogP contribution in [0.2, 0.25) is 0 Å². The molecule has 0 fully saturated rings. The van der Waals surface area contributed by atoms with Gasteiger partial charge in [0.15, 0.2) is 0 Å². The first-order valence-corrected chi connectivity index (χ1v) is 7.46. The lowest BCUT2D eigenvalue weighted by molar-refractivity contribution is 0.0693. The molecule has 1 rings (SSSR count). The van der Waals surface area contributed by atoms with Gasteiger partial charge in [0, 0.05) is 6.07 Å². The van der Waals surface area contributed by atoms with Crippen LogP contribution in [0.3, 0.4) is 0 Å². The van der Waals surface area contributed by atoms with Crippen LogP contribution in [0.25, 0.3) is 0 Å². The number of aromatic carboxylic acids is 1. The second-order valence-electron chi connectivity index (χ2n) is 3.99. The van der Waals surface area contributed by atoms with Gasteiger partial charge in [-0.2, -0.15) is 0 Å².